The standard InChI is InChI=1S/C17H22N2O6/c1-17(2,3)25-16(24)19(4)10-9-13(20)18-12-8-6-5-7-11(12)14(21)15(22)23/h5-8H,9-10H2,1-4H3,(H,18,20)(H,22,23). The predicted octanol–water partition coefficient (Wildman–Crippen LogP) is 2.15. The monoisotopic (exact) mass is 350 g/mol. The summed E-state index contributed by atoms with van der Waals surface area (Å²) in [5.74, 6) is -3.17. The molecule has 8 heteroatoms. The first-order chi connectivity index (χ1) is 11.5. The number of ether oxygens (including phenoxy) is 1. The van der Waals surface area contributed by atoms with E-state index in [2.05, 4.69) is 5.32 Å². The van der Waals surface area contributed by atoms with E-state index >= 15 is 0 Å². The van der Waals surface area contributed by atoms with Crippen LogP contribution in [0.4, 0.5) is 10.5 Å². The maximum absolute atomic E-state index is 12.0. The average molecular weight is 350 g/mol. The van der Waals surface area contributed by atoms with E-state index in [4.69, 9.17) is 9.84 Å². The molecule has 1 aromatic rings. The number of rotatable bonds is 6. The molecule has 25 heavy (non-hydrogen) atoms. The lowest BCUT2D eigenvalue weighted by molar-refractivity contribution is -0.131. The quantitative estimate of drug-likeness (QED) is 0.600. The van der Waals surface area contributed by atoms with E-state index in [9.17, 15) is 19.2 Å². The number of nitrogens with one attached hydrogen (secondary N) is 1. The maximum atomic E-state index is 12.0. The molecule has 0 aromatic heterocycles. The van der Waals surface area contributed by atoms with Gasteiger partial charge in [-0.05, 0) is 32.9 Å². The number of amides is 2. The minimum atomic E-state index is -1.61. The molecule has 0 saturated carbocycles. The number of carbonyl (C=O) groups excluding carboxylic acids is 3. The van der Waals surface area contributed by atoms with Crippen molar-refractivity contribution in [1.29, 1.82) is 0 Å². The first kappa shape index (κ1) is 20.1. The van der Waals surface area contributed by atoms with Crippen LogP contribution < -0.4 is 5.32 Å². The molecule has 0 aliphatic rings. The Kier molecular flexibility index (Phi) is 6.67. The molecule has 0 spiro atoms. The van der Waals surface area contributed by atoms with Crippen LogP contribution in [0.3, 0.4) is 0 Å². The number of para-hydroxylation sites is 1. The number of carbonyl (C=O) groups is 4. The Bertz CT molecular complexity index is 678. The predicted molar refractivity (Wildman–Crippen MR) is 90.5 cm³/mol. The van der Waals surface area contributed by atoms with Crippen LogP contribution in [-0.4, -0.2) is 53.0 Å². The minimum Gasteiger partial charge on any atom is -0.475 e. The van der Waals surface area contributed by atoms with Crippen molar-refractivity contribution in [2.24, 2.45) is 0 Å². The molecule has 136 valence electrons. The van der Waals surface area contributed by atoms with E-state index < -0.39 is 29.4 Å². The summed E-state index contributed by atoms with van der Waals surface area (Å²) in [5.41, 5.74) is -0.632. The van der Waals surface area contributed by atoms with E-state index in [0.717, 1.165) is 0 Å². The third-order valence-electron chi connectivity index (χ3n) is 3.02. The van der Waals surface area contributed by atoms with E-state index in [1.807, 2.05) is 0 Å². The molecular weight excluding hydrogens is 328 g/mol. The molecular formula is C17H22N2O6. The number of aliphatic carboxylic acids is 1. The number of carboxylic acid groups (broad SMARTS) is 1. The van der Waals surface area contributed by atoms with Gasteiger partial charge in [-0.1, -0.05) is 12.1 Å². The summed E-state index contributed by atoms with van der Waals surface area (Å²) in [6, 6.07) is 5.83. The van der Waals surface area contributed by atoms with Gasteiger partial charge in [-0.15, -0.1) is 0 Å². The molecule has 8 nitrogen and oxygen atoms in total. The van der Waals surface area contributed by atoms with Crippen molar-refractivity contribution in [1.82, 2.24) is 4.90 Å². The summed E-state index contributed by atoms with van der Waals surface area (Å²) in [6.45, 7) is 5.32. The highest BCUT2D eigenvalue weighted by Crippen LogP contribution is 2.16. The summed E-state index contributed by atoms with van der Waals surface area (Å²) < 4.78 is 5.17. The smallest absolute Gasteiger partial charge is 0.410 e. The van der Waals surface area contributed by atoms with Gasteiger partial charge in [-0.3, -0.25) is 9.59 Å². The van der Waals surface area contributed by atoms with Crippen LogP contribution in [-0.2, 0) is 14.3 Å². The third kappa shape index (κ3) is 6.62. The Morgan fingerprint density at radius 2 is 1.76 bits per heavy atom. The zero-order chi connectivity index (χ0) is 19.2. The lowest BCUT2D eigenvalue weighted by Gasteiger charge is -2.24. The van der Waals surface area contributed by atoms with Gasteiger partial charge in [-0.25, -0.2) is 9.59 Å². The van der Waals surface area contributed by atoms with Crippen molar-refractivity contribution in [2.45, 2.75) is 32.8 Å². The topological polar surface area (TPSA) is 113 Å². The summed E-state index contributed by atoms with van der Waals surface area (Å²) in [6.07, 6.45) is -0.590. The van der Waals surface area contributed by atoms with Crippen molar-refractivity contribution in [3.05, 3.63) is 29.8 Å². The van der Waals surface area contributed by atoms with Crippen LogP contribution in [0.25, 0.3) is 0 Å². The van der Waals surface area contributed by atoms with Gasteiger partial charge in [-0.2, -0.15) is 0 Å². The Balaban J connectivity index is 2.65. The third-order valence-corrected chi connectivity index (χ3v) is 3.02. The van der Waals surface area contributed by atoms with Crippen molar-refractivity contribution < 1.29 is 29.0 Å². The van der Waals surface area contributed by atoms with Crippen LogP contribution in [0.5, 0.6) is 0 Å². The molecule has 0 unspecified atom stereocenters. The summed E-state index contributed by atoms with van der Waals surface area (Å²) in [4.78, 5) is 47.5. The summed E-state index contributed by atoms with van der Waals surface area (Å²) in [7, 11) is 1.50. The molecule has 0 aliphatic heterocycles. The molecule has 0 bridgehead atoms. The van der Waals surface area contributed by atoms with Crippen molar-refractivity contribution in [3.63, 3.8) is 0 Å². The lowest BCUT2D eigenvalue weighted by atomic mass is 10.1. The molecule has 1 rings (SSSR count). The molecule has 1 aromatic carbocycles. The average Bonchev–Trinajstić information content (AvgIpc) is 2.50. The first-order valence-electron chi connectivity index (χ1n) is 7.62. The number of ketones is 1. The normalized spacial score (nSPS) is 10.7. The zero-order valence-electron chi connectivity index (χ0n) is 14.7. The van der Waals surface area contributed by atoms with Gasteiger partial charge in [0.15, 0.2) is 0 Å². The number of hydrogen-bond acceptors (Lipinski definition) is 5. The number of nitrogens with zero attached hydrogens (tertiary/aromatic N) is 1. The number of Topliss-reactive ketones (excluding diaryl/α,β-unsaturated/α-hetero) is 1. The van der Waals surface area contributed by atoms with Gasteiger partial charge in [0.05, 0.1) is 11.3 Å². The number of carboxylic acids is 1. The highest BCUT2D eigenvalue weighted by atomic mass is 16.6. The van der Waals surface area contributed by atoms with Crippen LogP contribution >= 0.6 is 0 Å². The van der Waals surface area contributed by atoms with E-state index in [0.29, 0.717) is 0 Å². The fourth-order valence-electron chi connectivity index (χ4n) is 1.82. The molecule has 0 heterocycles. The van der Waals surface area contributed by atoms with Gasteiger partial charge < -0.3 is 20.1 Å². The van der Waals surface area contributed by atoms with Crippen molar-refractivity contribution in [2.75, 3.05) is 18.9 Å². The molecule has 0 aliphatic carbocycles. The number of hydrogen-bond donors (Lipinski definition) is 2. The van der Waals surface area contributed by atoms with Gasteiger partial charge in [0.25, 0.3) is 5.78 Å². The SMILES string of the molecule is CN(CCC(=O)Nc1ccccc1C(=O)C(=O)O)C(=O)OC(C)(C)C. The Morgan fingerprint density at radius 3 is 2.32 bits per heavy atom. The molecule has 0 radical (unpaired) electrons. The second-order valence-electron chi connectivity index (χ2n) is 6.38. The van der Waals surface area contributed by atoms with E-state index in [1.165, 1.54) is 30.1 Å². The second kappa shape index (κ2) is 8.27. The minimum absolute atomic E-state index is 0.0364. The van der Waals surface area contributed by atoms with Gasteiger partial charge in [0.2, 0.25) is 5.91 Å². The second-order valence-corrected chi connectivity index (χ2v) is 6.38. The maximum Gasteiger partial charge on any atom is 0.410 e. The Hall–Kier alpha value is -2.90. The molecule has 0 atom stereocenters. The molecule has 2 amide bonds. The van der Waals surface area contributed by atoms with E-state index in [-0.39, 0.29) is 24.2 Å². The fraction of sp³-hybridized carbons (Fsp3) is 0.412. The fourth-order valence-corrected chi connectivity index (χ4v) is 1.82. The van der Waals surface area contributed by atoms with Crippen LogP contribution in [0.15, 0.2) is 24.3 Å². The molecule has 0 saturated heterocycles. The highest BCUT2D eigenvalue weighted by molar-refractivity contribution is 6.41. The van der Waals surface area contributed by atoms with Crippen LogP contribution in [0.1, 0.15) is 37.6 Å². The number of benzene rings is 1. The van der Waals surface area contributed by atoms with Crippen LogP contribution in [0.2, 0.25) is 0 Å². The first-order valence-corrected chi connectivity index (χ1v) is 7.62. The molecule has 0 fully saturated rings. The van der Waals surface area contributed by atoms with E-state index in [1.54, 1.807) is 26.8 Å². The summed E-state index contributed by atoms with van der Waals surface area (Å²) >= 11 is 0. The van der Waals surface area contributed by atoms with Crippen LogP contribution in [0, 0.1) is 0 Å². The largest absolute Gasteiger partial charge is 0.475 e. The van der Waals surface area contributed by atoms with Gasteiger partial charge >= 0.3 is 12.1 Å². The van der Waals surface area contributed by atoms with Gasteiger partial charge in [0, 0.05) is 20.0 Å². The Labute approximate surface area is 145 Å². The van der Waals surface area contributed by atoms with Crippen molar-refractivity contribution in [3.8, 4) is 0 Å². The summed E-state index contributed by atoms with van der Waals surface area (Å²) in [5, 5.41) is 11.3. The van der Waals surface area contributed by atoms with Crippen molar-refractivity contribution >= 4 is 29.4 Å². The number of anilines is 1. The zero-order valence-corrected chi connectivity index (χ0v) is 14.7. The van der Waals surface area contributed by atoms with Gasteiger partial charge in [0.1, 0.15) is 5.60 Å². The molecule has 2 N–H and O–H groups in total. The lowest BCUT2D eigenvalue weighted by Crippen LogP contribution is -2.35. The highest BCUT2D eigenvalue weighted by Gasteiger charge is 2.21. The Morgan fingerprint density at radius 1 is 1.16 bits per heavy atom.